The van der Waals surface area contributed by atoms with Gasteiger partial charge in [0.1, 0.15) is 5.82 Å². The Balaban J connectivity index is 2.23. The van der Waals surface area contributed by atoms with E-state index in [1.165, 1.54) is 6.07 Å². The van der Waals surface area contributed by atoms with Crippen molar-refractivity contribution in [3.05, 3.63) is 34.6 Å². The molecule has 16 heavy (non-hydrogen) atoms. The van der Waals surface area contributed by atoms with Crippen molar-refractivity contribution in [2.75, 3.05) is 6.54 Å². The number of nitrogens with one attached hydrogen (secondary N) is 1. The molecule has 1 aromatic carbocycles. The highest BCUT2D eigenvalue weighted by molar-refractivity contribution is 6.31. The summed E-state index contributed by atoms with van der Waals surface area (Å²) in [5.41, 5.74) is 0.636. The van der Waals surface area contributed by atoms with Crippen LogP contribution in [0.5, 0.6) is 0 Å². The van der Waals surface area contributed by atoms with E-state index in [1.54, 1.807) is 12.1 Å². The molecule has 1 N–H and O–H groups in total. The third-order valence-electron chi connectivity index (χ3n) is 3.20. The van der Waals surface area contributed by atoms with Crippen molar-refractivity contribution in [3.8, 4) is 0 Å². The van der Waals surface area contributed by atoms with Crippen molar-refractivity contribution in [3.63, 3.8) is 0 Å². The van der Waals surface area contributed by atoms with E-state index >= 15 is 0 Å². The summed E-state index contributed by atoms with van der Waals surface area (Å²) < 4.78 is 13.8. The lowest BCUT2D eigenvalue weighted by Crippen LogP contribution is -2.32. The molecule has 0 unspecified atom stereocenters. The van der Waals surface area contributed by atoms with Gasteiger partial charge in [-0.15, -0.1) is 0 Å². The fraction of sp³-hybridized carbons (Fsp3) is 0.538. The SMILES string of the molecule is CC(C)NCC1(c2c(F)cccc2Cl)CC1. The molecule has 1 aromatic rings. The highest BCUT2D eigenvalue weighted by atomic mass is 35.5. The summed E-state index contributed by atoms with van der Waals surface area (Å²) in [7, 11) is 0. The second kappa shape index (κ2) is 4.34. The van der Waals surface area contributed by atoms with Crippen LogP contribution in [0.4, 0.5) is 4.39 Å². The van der Waals surface area contributed by atoms with Gasteiger partial charge in [0, 0.05) is 28.6 Å². The molecular formula is C13H17ClFN. The van der Waals surface area contributed by atoms with Crippen molar-refractivity contribution >= 4 is 11.6 Å². The van der Waals surface area contributed by atoms with Crippen molar-refractivity contribution in [1.82, 2.24) is 5.32 Å². The first-order valence-electron chi connectivity index (χ1n) is 5.73. The van der Waals surface area contributed by atoms with E-state index in [-0.39, 0.29) is 11.2 Å². The van der Waals surface area contributed by atoms with E-state index < -0.39 is 0 Å². The van der Waals surface area contributed by atoms with E-state index in [9.17, 15) is 4.39 Å². The Labute approximate surface area is 101 Å². The lowest BCUT2D eigenvalue weighted by atomic mass is 9.95. The molecule has 0 atom stereocenters. The molecule has 3 heteroatoms. The topological polar surface area (TPSA) is 12.0 Å². The van der Waals surface area contributed by atoms with Gasteiger partial charge in [0.25, 0.3) is 0 Å². The van der Waals surface area contributed by atoms with Crippen molar-refractivity contribution in [2.24, 2.45) is 0 Å². The van der Waals surface area contributed by atoms with Crippen LogP contribution in [0.25, 0.3) is 0 Å². The van der Waals surface area contributed by atoms with E-state index in [2.05, 4.69) is 19.2 Å². The largest absolute Gasteiger partial charge is 0.314 e. The molecule has 1 saturated carbocycles. The number of benzene rings is 1. The first-order valence-corrected chi connectivity index (χ1v) is 6.11. The summed E-state index contributed by atoms with van der Waals surface area (Å²) in [5, 5.41) is 3.93. The van der Waals surface area contributed by atoms with Gasteiger partial charge in [-0.1, -0.05) is 31.5 Å². The summed E-state index contributed by atoms with van der Waals surface area (Å²) in [5.74, 6) is -0.171. The Morgan fingerprint density at radius 3 is 2.62 bits per heavy atom. The minimum absolute atomic E-state index is 0.0628. The Hall–Kier alpha value is -0.600. The summed E-state index contributed by atoms with van der Waals surface area (Å²) in [6.07, 6.45) is 2.04. The van der Waals surface area contributed by atoms with Crippen LogP contribution in [-0.4, -0.2) is 12.6 Å². The van der Waals surface area contributed by atoms with Gasteiger partial charge in [-0.3, -0.25) is 0 Å². The lowest BCUT2D eigenvalue weighted by Gasteiger charge is -2.20. The average molecular weight is 242 g/mol. The Morgan fingerprint density at radius 1 is 1.44 bits per heavy atom. The molecular weight excluding hydrogens is 225 g/mol. The number of hydrogen-bond acceptors (Lipinski definition) is 1. The normalized spacial score (nSPS) is 17.8. The van der Waals surface area contributed by atoms with E-state index in [0.29, 0.717) is 16.6 Å². The van der Waals surface area contributed by atoms with Crippen LogP contribution in [0.2, 0.25) is 5.02 Å². The number of halogens is 2. The number of rotatable bonds is 4. The quantitative estimate of drug-likeness (QED) is 0.851. The minimum atomic E-state index is -0.171. The van der Waals surface area contributed by atoms with Gasteiger partial charge in [-0.2, -0.15) is 0 Å². The van der Waals surface area contributed by atoms with Crippen LogP contribution < -0.4 is 5.32 Å². The number of hydrogen-bond donors (Lipinski definition) is 1. The third kappa shape index (κ3) is 2.23. The summed E-state index contributed by atoms with van der Waals surface area (Å²) in [6.45, 7) is 5.00. The molecule has 88 valence electrons. The molecule has 0 radical (unpaired) electrons. The maximum Gasteiger partial charge on any atom is 0.128 e. The van der Waals surface area contributed by atoms with Crippen LogP contribution >= 0.6 is 11.6 Å². The molecule has 0 heterocycles. The minimum Gasteiger partial charge on any atom is -0.314 e. The molecule has 0 aromatic heterocycles. The Bertz CT molecular complexity index is 365. The highest BCUT2D eigenvalue weighted by Gasteiger charge is 2.46. The third-order valence-corrected chi connectivity index (χ3v) is 3.51. The van der Waals surface area contributed by atoms with E-state index in [0.717, 1.165) is 19.4 Å². The summed E-state index contributed by atoms with van der Waals surface area (Å²) in [6, 6.07) is 5.35. The zero-order chi connectivity index (χ0) is 11.8. The molecule has 1 nitrogen and oxygen atoms in total. The Morgan fingerprint density at radius 2 is 2.12 bits per heavy atom. The smallest absolute Gasteiger partial charge is 0.128 e. The van der Waals surface area contributed by atoms with Crippen LogP contribution in [0.15, 0.2) is 18.2 Å². The van der Waals surface area contributed by atoms with Gasteiger partial charge in [0.2, 0.25) is 0 Å². The maximum atomic E-state index is 13.8. The molecule has 0 amide bonds. The monoisotopic (exact) mass is 241 g/mol. The fourth-order valence-electron chi connectivity index (χ4n) is 2.07. The predicted octanol–water partition coefficient (Wildman–Crippen LogP) is 3.51. The highest BCUT2D eigenvalue weighted by Crippen LogP contribution is 2.50. The first kappa shape index (κ1) is 11.9. The maximum absolute atomic E-state index is 13.8. The molecule has 0 bridgehead atoms. The molecule has 0 aliphatic heterocycles. The Kier molecular flexibility index (Phi) is 3.22. The van der Waals surface area contributed by atoms with Crippen LogP contribution in [0.3, 0.4) is 0 Å². The summed E-state index contributed by atoms with van der Waals surface area (Å²) in [4.78, 5) is 0. The molecule has 0 spiro atoms. The van der Waals surface area contributed by atoms with Gasteiger partial charge in [-0.05, 0) is 25.0 Å². The van der Waals surface area contributed by atoms with Gasteiger partial charge in [0.05, 0.1) is 0 Å². The molecule has 1 aliphatic rings. The second-order valence-electron chi connectivity index (χ2n) is 4.91. The zero-order valence-electron chi connectivity index (χ0n) is 9.69. The van der Waals surface area contributed by atoms with E-state index in [4.69, 9.17) is 11.6 Å². The second-order valence-corrected chi connectivity index (χ2v) is 5.32. The van der Waals surface area contributed by atoms with Gasteiger partial charge in [0.15, 0.2) is 0 Å². The van der Waals surface area contributed by atoms with Crippen molar-refractivity contribution in [1.29, 1.82) is 0 Å². The first-order chi connectivity index (χ1) is 7.55. The average Bonchev–Trinajstić information content (AvgIpc) is 2.96. The summed E-state index contributed by atoms with van der Waals surface area (Å²) >= 11 is 6.10. The zero-order valence-corrected chi connectivity index (χ0v) is 10.4. The van der Waals surface area contributed by atoms with Crippen LogP contribution in [0.1, 0.15) is 32.3 Å². The van der Waals surface area contributed by atoms with Crippen LogP contribution in [0, 0.1) is 5.82 Å². The van der Waals surface area contributed by atoms with Gasteiger partial charge in [-0.25, -0.2) is 4.39 Å². The van der Waals surface area contributed by atoms with Gasteiger partial charge < -0.3 is 5.32 Å². The van der Waals surface area contributed by atoms with Gasteiger partial charge >= 0.3 is 0 Å². The lowest BCUT2D eigenvalue weighted by molar-refractivity contribution is 0.498. The standard InChI is InChI=1S/C13H17ClFN/c1-9(2)16-8-13(6-7-13)12-10(14)4-3-5-11(12)15/h3-5,9,16H,6-8H2,1-2H3. The van der Waals surface area contributed by atoms with Crippen LogP contribution in [-0.2, 0) is 5.41 Å². The molecule has 1 fully saturated rings. The predicted molar refractivity (Wildman–Crippen MR) is 65.5 cm³/mol. The molecule has 2 rings (SSSR count). The van der Waals surface area contributed by atoms with Crippen molar-refractivity contribution < 1.29 is 4.39 Å². The van der Waals surface area contributed by atoms with E-state index in [1.807, 2.05) is 0 Å². The molecule has 1 aliphatic carbocycles. The fourth-order valence-corrected chi connectivity index (χ4v) is 2.43. The van der Waals surface area contributed by atoms with Crippen molar-refractivity contribution in [2.45, 2.75) is 38.1 Å². The molecule has 0 saturated heterocycles.